The molecule has 1 atom stereocenters. The van der Waals surface area contributed by atoms with Gasteiger partial charge in [-0.2, -0.15) is 0 Å². The molecular weight excluding hydrogens is 260 g/mol. The van der Waals surface area contributed by atoms with Crippen molar-refractivity contribution in [3.8, 4) is 5.75 Å². The SMILES string of the molecule is CCCNC(C)C(C)(C)CN(C)Cc1cccc(OC)c1. The zero-order chi connectivity index (χ0) is 15.9. The molecule has 0 aromatic heterocycles. The van der Waals surface area contributed by atoms with Crippen LogP contribution in [-0.2, 0) is 6.54 Å². The molecule has 0 bridgehead atoms. The number of ether oxygens (including phenoxy) is 1. The molecule has 0 radical (unpaired) electrons. The Morgan fingerprint density at radius 1 is 1.33 bits per heavy atom. The lowest BCUT2D eigenvalue weighted by Gasteiger charge is -2.36. The summed E-state index contributed by atoms with van der Waals surface area (Å²) in [6.45, 7) is 12.3. The Balaban J connectivity index is 2.56. The fourth-order valence-corrected chi connectivity index (χ4v) is 2.61. The van der Waals surface area contributed by atoms with Crippen LogP contribution in [0.1, 0.15) is 39.7 Å². The van der Waals surface area contributed by atoms with Crippen molar-refractivity contribution in [2.75, 3.05) is 27.2 Å². The standard InChI is InChI=1S/C18H32N2O/c1-7-11-19-15(2)18(3,4)14-20(5)13-16-9-8-10-17(12-16)21-6/h8-10,12,15,19H,7,11,13-14H2,1-6H3. The van der Waals surface area contributed by atoms with E-state index in [2.05, 4.69) is 63.2 Å². The molecule has 1 rings (SSSR count). The Labute approximate surface area is 130 Å². The minimum Gasteiger partial charge on any atom is -0.497 e. The molecule has 1 aromatic carbocycles. The summed E-state index contributed by atoms with van der Waals surface area (Å²) in [5.41, 5.74) is 1.53. The van der Waals surface area contributed by atoms with Crippen molar-refractivity contribution in [3.05, 3.63) is 29.8 Å². The van der Waals surface area contributed by atoms with Gasteiger partial charge in [0.2, 0.25) is 0 Å². The van der Waals surface area contributed by atoms with Gasteiger partial charge in [-0.25, -0.2) is 0 Å². The molecule has 0 aliphatic heterocycles. The first kappa shape index (κ1) is 18.0. The van der Waals surface area contributed by atoms with Crippen LogP contribution in [0, 0.1) is 5.41 Å². The summed E-state index contributed by atoms with van der Waals surface area (Å²) in [7, 11) is 3.90. The van der Waals surface area contributed by atoms with Crippen LogP contribution in [0.5, 0.6) is 5.75 Å². The van der Waals surface area contributed by atoms with E-state index in [-0.39, 0.29) is 5.41 Å². The molecule has 0 heterocycles. The lowest BCUT2D eigenvalue weighted by molar-refractivity contribution is 0.160. The van der Waals surface area contributed by atoms with Crippen LogP contribution >= 0.6 is 0 Å². The van der Waals surface area contributed by atoms with Gasteiger partial charge in [-0.3, -0.25) is 0 Å². The van der Waals surface area contributed by atoms with E-state index < -0.39 is 0 Å². The van der Waals surface area contributed by atoms with Gasteiger partial charge in [0.1, 0.15) is 5.75 Å². The lowest BCUT2D eigenvalue weighted by atomic mass is 9.84. The number of nitrogens with one attached hydrogen (secondary N) is 1. The quantitative estimate of drug-likeness (QED) is 0.753. The maximum Gasteiger partial charge on any atom is 0.119 e. The maximum atomic E-state index is 5.29. The molecule has 0 fully saturated rings. The number of methoxy groups -OCH3 is 1. The number of nitrogens with zero attached hydrogens (tertiary/aromatic N) is 1. The van der Waals surface area contributed by atoms with Crippen LogP contribution in [0.25, 0.3) is 0 Å². The van der Waals surface area contributed by atoms with E-state index in [9.17, 15) is 0 Å². The Morgan fingerprint density at radius 3 is 2.67 bits per heavy atom. The molecule has 0 amide bonds. The molecule has 120 valence electrons. The molecule has 0 aliphatic rings. The number of rotatable bonds is 9. The second-order valence-electron chi connectivity index (χ2n) is 6.69. The fourth-order valence-electron chi connectivity index (χ4n) is 2.61. The second kappa shape index (κ2) is 8.40. The van der Waals surface area contributed by atoms with E-state index in [1.54, 1.807) is 7.11 Å². The van der Waals surface area contributed by atoms with Gasteiger partial charge in [-0.05, 0) is 50.0 Å². The summed E-state index contributed by atoms with van der Waals surface area (Å²) in [6.07, 6.45) is 1.18. The van der Waals surface area contributed by atoms with Crippen LogP contribution in [-0.4, -0.2) is 38.2 Å². The van der Waals surface area contributed by atoms with E-state index in [0.29, 0.717) is 6.04 Å². The Hall–Kier alpha value is -1.06. The first-order valence-corrected chi connectivity index (χ1v) is 7.94. The van der Waals surface area contributed by atoms with E-state index in [1.165, 1.54) is 12.0 Å². The molecule has 1 aromatic rings. The first-order chi connectivity index (χ1) is 9.89. The van der Waals surface area contributed by atoms with Gasteiger partial charge in [0.15, 0.2) is 0 Å². The smallest absolute Gasteiger partial charge is 0.119 e. The first-order valence-electron chi connectivity index (χ1n) is 7.94. The normalized spacial score (nSPS) is 13.5. The van der Waals surface area contributed by atoms with Crippen molar-refractivity contribution in [1.82, 2.24) is 10.2 Å². The zero-order valence-corrected chi connectivity index (χ0v) is 14.6. The topological polar surface area (TPSA) is 24.5 Å². The van der Waals surface area contributed by atoms with Crippen molar-refractivity contribution in [2.24, 2.45) is 5.41 Å². The minimum atomic E-state index is 0.239. The average Bonchev–Trinajstić information content (AvgIpc) is 2.44. The van der Waals surface area contributed by atoms with Crippen LogP contribution in [0.15, 0.2) is 24.3 Å². The van der Waals surface area contributed by atoms with Crippen LogP contribution in [0.3, 0.4) is 0 Å². The van der Waals surface area contributed by atoms with Gasteiger partial charge >= 0.3 is 0 Å². The van der Waals surface area contributed by atoms with Gasteiger partial charge < -0.3 is 15.0 Å². The van der Waals surface area contributed by atoms with Crippen molar-refractivity contribution >= 4 is 0 Å². The van der Waals surface area contributed by atoms with Crippen LogP contribution in [0.2, 0.25) is 0 Å². The Morgan fingerprint density at radius 2 is 2.05 bits per heavy atom. The zero-order valence-electron chi connectivity index (χ0n) is 14.6. The Kier molecular flexibility index (Phi) is 7.20. The molecule has 1 unspecified atom stereocenters. The summed E-state index contributed by atoms with van der Waals surface area (Å²) < 4.78 is 5.29. The predicted octanol–water partition coefficient (Wildman–Crippen LogP) is 3.54. The number of hydrogen-bond donors (Lipinski definition) is 1. The summed E-state index contributed by atoms with van der Waals surface area (Å²) in [6, 6.07) is 8.82. The van der Waals surface area contributed by atoms with Gasteiger partial charge in [-0.1, -0.05) is 32.9 Å². The van der Waals surface area contributed by atoms with E-state index in [1.807, 2.05) is 6.07 Å². The van der Waals surface area contributed by atoms with Crippen molar-refractivity contribution in [1.29, 1.82) is 0 Å². The Bertz CT molecular complexity index is 417. The molecule has 3 nitrogen and oxygen atoms in total. The highest BCUT2D eigenvalue weighted by Gasteiger charge is 2.26. The summed E-state index contributed by atoms with van der Waals surface area (Å²) in [5, 5.41) is 3.61. The van der Waals surface area contributed by atoms with Crippen LogP contribution < -0.4 is 10.1 Å². The monoisotopic (exact) mass is 292 g/mol. The molecule has 3 heteroatoms. The fraction of sp³-hybridized carbons (Fsp3) is 0.667. The predicted molar refractivity (Wildman–Crippen MR) is 90.9 cm³/mol. The highest BCUT2D eigenvalue weighted by atomic mass is 16.5. The molecule has 0 saturated heterocycles. The molecule has 1 N–H and O–H groups in total. The highest BCUT2D eigenvalue weighted by molar-refractivity contribution is 5.28. The third-order valence-corrected chi connectivity index (χ3v) is 4.14. The second-order valence-corrected chi connectivity index (χ2v) is 6.69. The van der Waals surface area contributed by atoms with Crippen molar-refractivity contribution in [3.63, 3.8) is 0 Å². The highest BCUT2D eigenvalue weighted by Crippen LogP contribution is 2.23. The summed E-state index contributed by atoms with van der Waals surface area (Å²) in [5.74, 6) is 0.929. The summed E-state index contributed by atoms with van der Waals surface area (Å²) in [4.78, 5) is 2.39. The lowest BCUT2D eigenvalue weighted by Crippen LogP contribution is -2.46. The minimum absolute atomic E-state index is 0.239. The average molecular weight is 292 g/mol. The molecular formula is C18H32N2O. The van der Waals surface area contributed by atoms with E-state index >= 15 is 0 Å². The maximum absolute atomic E-state index is 5.29. The number of benzene rings is 1. The molecule has 21 heavy (non-hydrogen) atoms. The third-order valence-electron chi connectivity index (χ3n) is 4.14. The largest absolute Gasteiger partial charge is 0.497 e. The van der Waals surface area contributed by atoms with Gasteiger partial charge in [0.05, 0.1) is 7.11 Å². The number of hydrogen-bond acceptors (Lipinski definition) is 3. The van der Waals surface area contributed by atoms with Gasteiger partial charge in [-0.15, -0.1) is 0 Å². The van der Waals surface area contributed by atoms with Gasteiger partial charge in [0.25, 0.3) is 0 Å². The molecule has 0 saturated carbocycles. The van der Waals surface area contributed by atoms with Crippen LogP contribution in [0.4, 0.5) is 0 Å². The molecule has 0 spiro atoms. The third kappa shape index (κ3) is 6.06. The van der Waals surface area contributed by atoms with Crippen molar-refractivity contribution < 1.29 is 4.74 Å². The van der Waals surface area contributed by atoms with Crippen molar-refractivity contribution in [2.45, 2.75) is 46.7 Å². The van der Waals surface area contributed by atoms with E-state index in [0.717, 1.165) is 25.4 Å². The molecule has 0 aliphatic carbocycles. The van der Waals surface area contributed by atoms with E-state index in [4.69, 9.17) is 4.74 Å². The van der Waals surface area contributed by atoms with Gasteiger partial charge in [0, 0.05) is 19.1 Å². The summed E-state index contributed by atoms with van der Waals surface area (Å²) >= 11 is 0.